The molecule has 0 saturated heterocycles. The van der Waals surface area contributed by atoms with E-state index in [-0.39, 0.29) is 11.7 Å². The zero-order valence-corrected chi connectivity index (χ0v) is 17.7. The monoisotopic (exact) mass is 509 g/mol. The highest BCUT2D eigenvalue weighted by molar-refractivity contribution is 8.01. The molecular formula is C17H14F7NO5S2. The molecule has 0 aliphatic carbocycles. The van der Waals surface area contributed by atoms with Gasteiger partial charge in [0.2, 0.25) is 17.4 Å². The summed E-state index contributed by atoms with van der Waals surface area (Å²) < 4.78 is 144. The molecule has 0 aliphatic rings. The average Bonchev–Trinajstić information content (AvgIpc) is 2.67. The summed E-state index contributed by atoms with van der Waals surface area (Å²) in [5, 5.41) is 0. The lowest BCUT2D eigenvalue weighted by molar-refractivity contribution is -0.0467. The van der Waals surface area contributed by atoms with Crippen LogP contribution < -0.4 is 4.74 Å². The normalized spacial score (nSPS) is 15.2. The van der Waals surface area contributed by atoms with Crippen molar-refractivity contribution in [1.29, 1.82) is 0 Å². The molecule has 0 radical (unpaired) electrons. The maximum absolute atomic E-state index is 14.3. The number of sulfonamides is 1. The Morgan fingerprint density at radius 3 is 1.84 bits per heavy atom. The number of nitrogens with zero attached hydrogens (tertiary/aromatic N) is 1. The Bertz CT molecular complexity index is 1220. The molecule has 1 N–H and O–H groups in total. The summed E-state index contributed by atoms with van der Waals surface area (Å²) in [6, 6.07) is 5.41. The number of rotatable bonds is 6. The maximum Gasteiger partial charge on any atom is 0.504 e. The first-order valence-corrected chi connectivity index (χ1v) is 11.4. The predicted molar refractivity (Wildman–Crippen MR) is 97.9 cm³/mol. The van der Waals surface area contributed by atoms with Gasteiger partial charge in [-0.25, -0.2) is 13.0 Å². The van der Waals surface area contributed by atoms with Crippen molar-refractivity contribution in [2.45, 2.75) is 36.6 Å². The number of hydrogen-bond acceptors (Lipinski definition) is 4. The molecule has 0 heterocycles. The highest BCUT2D eigenvalue weighted by atomic mass is 32.3. The molecule has 2 atom stereocenters. The van der Waals surface area contributed by atoms with Crippen LogP contribution in [0.5, 0.6) is 11.5 Å². The van der Waals surface area contributed by atoms with Gasteiger partial charge in [-0.3, -0.25) is 4.55 Å². The molecule has 2 aromatic rings. The topological polar surface area (TPSA) is 93.0 Å². The summed E-state index contributed by atoms with van der Waals surface area (Å²) in [7, 11) is -12.9. The average molecular weight is 509 g/mol. The van der Waals surface area contributed by atoms with E-state index in [4.69, 9.17) is 9.29 Å². The second kappa shape index (κ2) is 8.86. The van der Waals surface area contributed by atoms with Gasteiger partial charge < -0.3 is 4.74 Å². The Hall–Kier alpha value is -2.39. The van der Waals surface area contributed by atoms with E-state index in [1.807, 2.05) is 13.8 Å². The van der Waals surface area contributed by atoms with Crippen molar-refractivity contribution in [3.8, 4) is 11.5 Å². The third-order valence-electron chi connectivity index (χ3n) is 4.22. The Labute approximate surface area is 178 Å². The molecule has 2 aromatic carbocycles. The summed E-state index contributed by atoms with van der Waals surface area (Å²) in [4.78, 5) is -2.63. The summed E-state index contributed by atoms with van der Waals surface area (Å²) >= 11 is 0. The first-order chi connectivity index (χ1) is 14.5. The second-order valence-electron chi connectivity index (χ2n) is 6.39. The van der Waals surface area contributed by atoms with Crippen LogP contribution in [-0.2, 0) is 20.0 Å². The summed E-state index contributed by atoms with van der Waals surface area (Å²) in [6.07, 6.45) is 0.759. The Kier molecular flexibility index (Phi) is 7.16. The third kappa shape index (κ3) is 4.99. The number of hydrogen-bond donors (Lipinski definition) is 1. The SMILES string of the molecule is CCC(C)c1ccc(Oc2c(F)c(F)c(S(=O)(=O)N=S(=O)(O)C(F)(F)F)c(F)c2F)cc1. The summed E-state index contributed by atoms with van der Waals surface area (Å²) in [5.74, 6) is -12.1. The lowest BCUT2D eigenvalue weighted by atomic mass is 9.99. The highest BCUT2D eigenvalue weighted by Gasteiger charge is 2.45. The van der Waals surface area contributed by atoms with E-state index in [1.54, 1.807) is 0 Å². The molecule has 6 nitrogen and oxygen atoms in total. The van der Waals surface area contributed by atoms with Gasteiger partial charge >= 0.3 is 5.51 Å². The van der Waals surface area contributed by atoms with Crippen molar-refractivity contribution in [3.63, 3.8) is 0 Å². The minimum atomic E-state index is -6.56. The van der Waals surface area contributed by atoms with Crippen molar-refractivity contribution < 1.29 is 52.6 Å². The van der Waals surface area contributed by atoms with E-state index in [0.717, 1.165) is 12.0 Å². The van der Waals surface area contributed by atoms with Crippen LogP contribution in [0.3, 0.4) is 0 Å². The van der Waals surface area contributed by atoms with Crippen LogP contribution in [0.15, 0.2) is 32.9 Å². The maximum atomic E-state index is 14.3. The van der Waals surface area contributed by atoms with Gasteiger partial charge in [0.25, 0.3) is 20.0 Å². The van der Waals surface area contributed by atoms with Crippen molar-refractivity contribution in [2.75, 3.05) is 0 Å². The highest BCUT2D eigenvalue weighted by Crippen LogP contribution is 2.37. The fraction of sp³-hybridized carbons (Fsp3) is 0.294. The van der Waals surface area contributed by atoms with Gasteiger partial charge in [-0.2, -0.15) is 30.4 Å². The third-order valence-corrected chi connectivity index (χ3v) is 7.29. The van der Waals surface area contributed by atoms with Crippen LogP contribution in [0.1, 0.15) is 31.7 Å². The molecule has 0 saturated carbocycles. The summed E-state index contributed by atoms with van der Waals surface area (Å²) in [5.41, 5.74) is -5.34. The first-order valence-electron chi connectivity index (χ1n) is 8.49. The van der Waals surface area contributed by atoms with Gasteiger partial charge in [0.15, 0.2) is 16.5 Å². The van der Waals surface area contributed by atoms with Crippen LogP contribution in [0, 0.1) is 23.3 Å². The lowest BCUT2D eigenvalue weighted by Crippen LogP contribution is -2.24. The molecule has 2 unspecified atom stereocenters. The van der Waals surface area contributed by atoms with Crippen molar-refractivity contribution >= 4 is 20.0 Å². The molecule has 32 heavy (non-hydrogen) atoms. The lowest BCUT2D eigenvalue weighted by Gasteiger charge is -2.13. The van der Waals surface area contributed by atoms with Gasteiger partial charge in [0.05, 0.1) is 0 Å². The van der Waals surface area contributed by atoms with Crippen molar-refractivity contribution in [2.24, 2.45) is 3.77 Å². The quantitative estimate of drug-likeness (QED) is 0.399. The van der Waals surface area contributed by atoms with Crippen LogP contribution in [0.2, 0.25) is 0 Å². The number of alkyl halides is 3. The molecule has 15 heteroatoms. The molecule has 0 aromatic heterocycles. The fourth-order valence-electron chi connectivity index (χ4n) is 2.34. The number of ether oxygens (including phenoxy) is 1. The first kappa shape index (κ1) is 25.9. The Morgan fingerprint density at radius 2 is 1.44 bits per heavy atom. The zero-order valence-electron chi connectivity index (χ0n) is 16.1. The minimum Gasteiger partial charge on any atom is -0.451 e. The minimum absolute atomic E-state index is 0.110. The zero-order chi connectivity index (χ0) is 24.6. The molecular weight excluding hydrogens is 495 g/mol. The largest absolute Gasteiger partial charge is 0.504 e. The molecule has 0 bridgehead atoms. The van der Waals surface area contributed by atoms with Crippen LogP contribution >= 0.6 is 0 Å². The van der Waals surface area contributed by atoms with Crippen molar-refractivity contribution in [3.05, 3.63) is 53.1 Å². The Balaban J connectivity index is 2.60. The fourth-order valence-corrected chi connectivity index (χ4v) is 4.67. The van der Waals surface area contributed by atoms with Gasteiger partial charge in [-0.1, -0.05) is 29.7 Å². The Morgan fingerprint density at radius 1 is 0.969 bits per heavy atom. The molecule has 2 rings (SSSR count). The van der Waals surface area contributed by atoms with Gasteiger partial charge in [0, 0.05) is 0 Å². The van der Waals surface area contributed by atoms with Crippen LogP contribution in [0.25, 0.3) is 0 Å². The molecule has 0 spiro atoms. The molecule has 0 amide bonds. The standard InChI is InChI=1S/C17H14F7NO5S2/c1-3-8(2)9-4-6-10(7-5-9)30-15-11(18)13(20)16(14(21)12(15)19)31(26,27)25-32(28,29)17(22,23)24/h4-8H,3H2,1-2H3,(H,25,28,29). The van der Waals surface area contributed by atoms with Gasteiger partial charge in [-0.05, 0) is 30.0 Å². The van der Waals surface area contributed by atoms with E-state index in [2.05, 4.69) is 0 Å². The van der Waals surface area contributed by atoms with Crippen LogP contribution in [0.4, 0.5) is 30.7 Å². The van der Waals surface area contributed by atoms with E-state index >= 15 is 0 Å². The smallest absolute Gasteiger partial charge is 0.451 e. The van der Waals surface area contributed by atoms with Crippen molar-refractivity contribution in [1.82, 2.24) is 0 Å². The summed E-state index contributed by atoms with van der Waals surface area (Å²) in [6.45, 7) is 3.78. The van der Waals surface area contributed by atoms with E-state index in [9.17, 15) is 43.4 Å². The van der Waals surface area contributed by atoms with E-state index in [1.165, 1.54) is 28.0 Å². The number of benzene rings is 2. The van der Waals surface area contributed by atoms with Gasteiger partial charge in [-0.15, -0.1) is 0 Å². The van der Waals surface area contributed by atoms with E-state index in [0.29, 0.717) is 0 Å². The molecule has 0 aliphatic heterocycles. The second-order valence-corrected chi connectivity index (χ2v) is 9.80. The van der Waals surface area contributed by atoms with Crippen LogP contribution in [-0.4, -0.2) is 22.7 Å². The van der Waals surface area contributed by atoms with E-state index < -0.39 is 59.5 Å². The molecule has 0 fully saturated rings. The molecule has 178 valence electrons. The predicted octanol–water partition coefficient (Wildman–Crippen LogP) is 5.70. The number of halogens is 7. The van der Waals surface area contributed by atoms with Gasteiger partial charge in [0.1, 0.15) is 5.75 Å².